The zero-order valence-electron chi connectivity index (χ0n) is 19.1. The summed E-state index contributed by atoms with van der Waals surface area (Å²) in [7, 11) is 2.06. The first-order valence-corrected chi connectivity index (χ1v) is 11.1. The lowest BCUT2D eigenvalue weighted by atomic mass is 9.78. The van der Waals surface area contributed by atoms with E-state index in [1.807, 2.05) is 24.3 Å². The summed E-state index contributed by atoms with van der Waals surface area (Å²) in [5, 5.41) is 14.1. The van der Waals surface area contributed by atoms with Gasteiger partial charge in [0.1, 0.15) is 10.8 Å². The fourth-order valence-electron chi connectivity index (χ4n) is 3.46. The molecule has 30 heavy (non-hydrogen) atoms. The van der Waals surface area contributed by atoms with Gasteiger partial charge in [0.25, 0.3) is 0 Å². The topological polar surface area (TPSA) is 62.4 Å². The van der Waals surface area contributed by atoms with Crippen LogP contribution in [0.15, 0.2) is 41.8 Å². The SMILES string of the molecule is CN(Cc1nc(-c2cc(C(C)(C)C)c(O)c(C(C)(C)C)c2)cs1)c1ccc(N)cc1. The Morgan fingerprint density at radius 2 is 1.50 bits per heavy atom. The fraction of sp³-hybridized carbons (Fsp3) is 0.400. The van der Waals surface area contributed by atoms with Crippen molar-refractivity contribution in [1.29, 1.82) is 0 Å². The van der Waals surface area contributed by atoms with Crippen LogP contribution in [0.3, 0.4) is 0 Å². The smallest absolute Gasteiger partial charge is 0.123 e. The van der Waals surface area contributed by atoms with Gasteiger partial charge in [-0.05, 0) is 47.2 Å². The molecule has 0 saturated carbocycles. The highest BCUT2D eigenvalue weighted by atomic mass is 32.1. The molecule has 0 bridgehead atoms. The third-order valence-electron chi connectivity index (χ3n) is 5.28. The van der Waals surface area contributed by atoms with Crippen molar-refractivity contribution in [3.8, 4) is 17.0 Å². The molecule has 0 unspecified atom stereocenters. The average molecular weight is 424 g/mol. The maximum atomic E-state index is 11.0. The number of nitrogens with zero attached hydrogens (tertiary/aromatic N) is 2. The monoisotopic (exact) mass is 423 g/mol. The molecule has 0 atom stereocenters. The average Bonchev–Trinajstić information content (AvgIpc) is 3.09. The van der Waals surface area contributed by atoms with E-state index in [0.29, 0.717) is 5.75 Å². The summed E-state index contributed by atoms with van der Waals surface area (Å²) in [5.41, 5.74) is 11.3. The molecule has 3 N–H and O–H groups in total. The van der Waals surface area contributed by atoms with E-state index < -0.39 is 0 Å². The zero-order chi connectivity index (χ0) is 22.3. The van der Waals surface area contributed by atoms with Gasteiger partial charge >= 0.3 is 0 Å². The van der Waals surface area contributed by atoms with Crippen LogP contribution in [0.5, 0.6) is 5.75 Å². The fourth-order valence-corrected chi connectivity index (χ4v) is 4.32. The van der Waals surface area contributed by atoms with E-state index in [2.05, 4.69) is 71.0 Å². The molecule has 1 heterocycles. The second-order valence-electron chi connectivity index (χ2n) is 9.99. The summed E-state index contributed by atoms with van der Waals surface area (Å²) >= 11 is 1.66. The number of nitrogens with two attached hydrogens (primary N) is 1. The molecule has 2 aromatic carbocycles. The van der Waals surface area contributed by atoms with Crippen molar-refractivity contribution >= 4 is 22.7 Å². The number of aromatic nitrogens is 1. The van der Waals surface area contributed by atoms with Crippen molar-refractivity contribution < 1.29 is 5.11 Å². The quantitative estimate of drug-likeness (QED) is 0.481. The number of thiazole rings is 1. The molecule has 0 radical (unpaired) electrons. The first-order valence-electron chi connectivity index (χ1n) is 10.3. The van der Waals surface area contributed by atoms with Gasteiger partial charge in [-0.1, -0.05) is 41.5 Å². The molecule has 0 fully saturated rings. The van der Waals surface area contributed by atoms with E-state index in [1.165, 1.54) is 0 Å². The Balaban J connectivity index is 1.95. The number of hydrogen-bond acceptors (Lipinski definition) is 5. The summed E-state index contributed by atoms with van der Waals surface area (Å²) < 4.78 is 0. The van der Waals surface area contributed by atoms with E-state index in [4.69, 9.17) is 10.7 Å². The van der Waals surface area contributed by atoms with Gasteiger partial charge in [0.2, 0.25) is 0 Å². The minimum absolute atomic E-state index is 0.158. The molecule has 0 amide bonds. The maximum absolute atomic E-state index is 11.0. The number of rotatable bonds is 4. The number of aromatic hydroxyl groups is 1. The Labute approximate surface area is 184 Å². The van der Waals surface area contributed by atoms with Crippen molar-refractivity contribution in [2.45, 2.75) is 58.9 Å². The van der Waals surface area contributed by atoms with Crippen LogP contribution in [0.1, 0.15) is 57.7 Å². The van der Waals surface area contributed by atoms with E-state index in [0.717, 1.165) is 45.3 Å². The molecule has 0 aliphatic carbocycles. The third-order valence-corrected chi connectivity index (χ3v) is 6.11. The normalized spacial score (nSPS) is 12.2. The van der Waals surface area contributed by atoms with Gasteiger partial charge in [0.15, 0.2) is 0 Å². The van der Waals surface area contributed by atoms with Gasteiger partial charge in [-0.2, -0.15) is 0 Å². The molecule has 3 rings (SSSR count). The number of nitrogen functional groups attached to an aromatic ring is 1. The van der Waals surface area contributed by atoms with Crippen LogP contribution in [0.25, 0.3) is 11.3 Å². The molecular weight excluding hydrogens is 390 g/mol. The van der Waals surface area contributed by atoms with E-state index in [1.54, 1.807) is 11.3 Å². The minimum atomic E-state index is -0.158. The predicted octanol–water partition coefficient (Wildman–Crippen LogP) is 6.33. The Kier molecular flexibility index (Phi) is 5.87. The standard InChI is InChI=1S/C25H33N3OS/c1-24(2,3)19-12-16(13-20(23(19)29)25(4,5)6)21-15-30-22(27-21)14-28(7)18-10-8-17(26)9-11-18/h8-13,15,29H,14,26H2,1-7H3. The number of anilines is 2. The van der Waals surface area contributed by atoms with Crippen molar-refractivity contribution in [3.05, 3.63) is 57.9 Å². The lowest BCUT2D eigenvalue weighted by molar-refractivity contribution is 0.423. The van der Waals surface area contributed by atoms with Gasteiger partial charge in [0, 0.05) is 40.5 Å². The molecule has 3 aromatic rings. The van der Waals surface area contributed by atoms with Crippen LogP contribution in [-0.4, -0.2) is 17.1 Å². The van der Waals surface area contributed by atoms with Crippen LogP contribution >= 0.6 is 11.3 Å². The van der Waals surface area contributed by atoms with E-state index >= 15 is 0 Å². The van der Waals surface area contributed by atoms with Gasteiger partial charge in [0.05, 0.1) is 12.2 Å². The second kappa shape index (κ2) is 7.95. The number of phenols is 1. The second-order valence-corrected chi connectivity index (χ2v) is 10.9. The Bertz CT molecular complexity index is 989. The molecule has 0 saturated heterocycles. The predicted molar refractivity (Wildman–Crippen MR) is 130 cm³/mol. The lowest BCUT2D eigenvalue weighted by Gasteiger charge is -2.28. The molecular formula is C25H33N3OS. The van der Waals surface area contributed by atoms with Gasteiger partial charge in [-0.15, -0.1) is 11.3 Å². The number of benzene rings is 2. The number of hydrogen-bond donors (Lipinski definition) is 2. The van der Waals surface area contributed by atoms with Crippen LogP contribution in [0.4, 0.5) is 11.4 Å². The molecule has 0 aliphatic rings. The van der Waals surface area contributed by atoms with E-state index in [9.17, 15) is 5.11 Å². The molecule has 0 aliphatic heterocycles. The lowest BCUT2D eigenvalue weighted by Crippen LogP contribution is -2.17. The van der Waals surface area contributed by atoms with Crippen LogP contribution in [0, 0.1) is 0 Å². The van der Waals surface area contributed by atoms with Crippen molar-refractivity contribution in [3.63, 3.8) is 0 Å². The summed E-state index contributed by atoms with van der Waals surface area (Å²) in [4.78, 5) is 7.08. The van der Waals surface area contributed by atoms with Gasteiger partial charge < -0.3 is 15.7 Å². The maximum Gasteiger partial charge on any atom is 0.123 e. The largest absolute Gasteiger partial charge is 0.507 e. The first kappa shape index (κ1) is 22.2. The first-order chi connectivity index (χ1) is 13.9. The van der Waals surface area contributed by atoms with Crippen molar-refractivity contribution in [1.82, 2.24) is 4.98 Å². The van der Waals surface area contributed by atoms with Crippen LogP contribution in [0.2, 0.25) is 0 Å². The summed E-state index contributed by atoms with van der Waals surface area (Å²) in [5.74, 6) is 0.400. The van der Waals surface area contributed by atoms with Crippen LogP contribution < -0.4 is 10.6 Å². The Hall–Kier alpha value is -2.53. The van der Waals surface area contributed by atoms with Crippen molar-refractivity contribution in [2.24, 2.45) is 0 Å². The highest BCUT2D eigenvalue weighted by Gasteiger charge is 2.27. The molecule has 4 nitrogen and oxygen atoms in total. The molecule has 0 spiro atoms. The van der Waals surface area contributed by atoms with Crippen molar-refractivity contribution in [2.75, 3.05) is 17.7 Å². The summed E-state index contributed by atoms with van der Waals surface area (Å²) in [6.07, 6.45) is 0. The summed E-state index contributed by atoms with van der Waals surface area (Å²) in [6, 6.07) is 12.1. The number of phenolic OH excluding ortho intramolecular Hbond substituents is 1. The third kappa shape index (κ3) is 4.78. The molecule has 1 aromatic heterocycles. The minimum Gasteiger partial charge on any atom is -0.507 e. The highest BCUT2D eigenvalue weighted by Crippen LogP contribution is 2.42. The Morgan fingerprint density at radius 1 is 0.967 bits per heavy atom. The molecule has 5 heteroatoms. The summed E-state index contributed by atoms with van der Waals surface area (Å²) in [6.45, 7) is 13.5. The van der Waals surface area contributed by atoms with E-state index in [-0.39, 0.29) is 10.8 Å². The van der Waals surface area contributed by atoms with Gasteiger partial charge in [-0.25, -0.2) is 4.98 Å². The van der Waals surface area contributed by atoms with Crippen LogP contribution in [-0.2, 0) is 17.4 Å². The zero-order valence-corrected chi connectivity index (χ0v) is 19.9. The van der Waals surface area contributed by atoms with Gasteiger partial charge in [-0.3, -0.25) is 0 Å². The Morgan fingerprint density at radius 3 is 2.00 bits per heavy atom. The molecule has 160 valence electrons. The highest BCUT2D eigenvalue weighted by molar-refractivity contribution is 7.10.